The van der Waals surface area contributed by atoms with Crippen molar-refractivity contribution in [3.8, 4) is 5.75 Å². The smallest absolute Gasteiger partial charge is 0.747 e. The normalized spacial score (nSPS) is 17.6. The first kappa shape index (κ1) is 17.9. The standard InChI is InChI=1S/C10H12N4O5S.Na/c1-14-4-9(20(17,18)19)5-2-6(12-13-10(11)16)8(15)3-7(5)14;/h2-3,9,15H,4H2,1H3,(H2,11,16)(H,17,18,19);/q;+1/p-1. The summed E-state index contributed by atoms with van der Waals surface area (Å²) < 4.78 is 33.7. The second kappa shape index (κ2) is 6.28. The second-order valence-electron chi connectivity index (χ2n) is 4.30. The molecule has 2 rings (SSSR count). The van der Waals surface area contributed by atoms with E-state index in [4.69, 9.17) is 5.73 Å². The first-order valence-corrected chi connectivity index (χ1v) is 6.91. The predicted molar refractivity (Wildman–Crippen MR) is 67.9 cm³/mol. The van der Waals surface area contributed by atoms with Gasteiger partial charge in [-0.2, -0.15) is 0 Å². The molecule has 1 aromatic carbocycles. The molecule has 0 radical (unpaired) electrons. The van der Waals surface area contributed by atoms with Crippen molar-refractivity contribution in [2.75, 3.05) is 18.5 Å². The minimum Gasteiger partial charge on any atom is -0.747 e. The summed E-state index contributed by atoms with van der Waals surface area (Å²) in [4.78, 5) is 12.1. The van der Waals surface area contributed by atoms with Gasteiger partial charge < -0.3 is 20.3 Å². The van der Waals surface area contributed by atoms with Crippen molar-refractivity contribution in [3.05, 3.63) is 17.7 Å². The number of urea groups is 1. The van der Waals surface area contributed by atoms with E-state index in [1.165, 1.54) is 17.0 Å². The number of phenolic OH excluding ortho intramolecular Hbond substituents is 1. The molecule has 1 heterocycles. The number of primary amides is 1. The number of nitrogens with two attached hydrogens (primary N) is 1. The van der Waals surface area contributed by atoms with Crippen LogP contribution in [0.1, 0.15) is 10.8 Å². The summed E-state index contributed by atoms with van der Waals surface area (Å²) >= 11 is 0. The summed E-state index contributed by atoms with van der Waals surface area (Å²) in [5, 5.41) is 14.9. The van der Waals surface area contributed by atoms with Crippen LogP contribution in [0.25, 0.3) is 0 Å². The summed E-state index contributed by atoms with van der Waals surface area (Å²) in [5.41, 5.74) is 5.27. The van der Waals surface area contributed by atoms with Crippen molar-refractivity contribution < 1.29 is 52.4 Å². The van der Waals surface area contributed by atoms with E-state index in [1.807, 2.05) is 0 Å². The molecule has 1 aliphatic rings. The molecule has 1 unspecified atom stereocenters. The van der Waals surface area contributed by atoms with Gasteiger partial charge in [0.05, 0.1) is 5.25 Å². The molecule has 11 heteroatoms. The van der Waals surface area contributed by atoms with Crippen LogP contribution >= 0.6 is 0 Å². The number of likely N-dealkylation sites (N-methyl/N-ethyl adjacent to an activating group) is 1. The number of rotatable bonds is 2. The van der Waals surface area contributed by atoms with E-state index in [0.29, 0.717) is 5.69 Å². The third-order valence-corrected chi connectivity index (χ3v) is 4.03. The van der Waals surface area contributed by atoms with E-state index in [2.05, 4.69) is 10.2 Å². The average molecular weight is 322 g/mol. The summed E-state index contributed by atoms with van der Waals surface area (Å²) in [6.07, 6.45) is 0. The molecule has 0 spiro atoms. The topological polar surface area (TPSA) is 148 Å². The van der Waals surface area contributed by atoms with Gasteiger partial charge in [0, 0.05) is 25.3 Å². The maximum absolute atomic E-state index is 11.2. The van der Waals surface area contributed by atoms with Crippen molar-refractivity contribution in [1.29, 1.82) is 0 Å². The Hall–Kier alpha value is -1.20. The van der Waals surface area contributed by atoms with Crippen LogP contribution in [0.3, 0.4) is 0 Å². The number of fused-ring (bicyclic) bond motifs is 1. The third kappa shape index (κ3) is 3.71. The average Bonchev–Trinajstić information content (AvgIpc) is 2.63. The van der Waals surface area contributed by atoms with Gasteiger partial charge in [-0.1, -0.05) is 5.11 Å². The number of amides is 2. The van der Waals surface area contributed by atoms with Crippen LogP contribution in [0, 0.1) is 0 Å². The Morgan fingerprint density at radius 1 is 1.52 bits per heavy atom. The fourth-order valence-electron chi connectivity index (χ4n) is 2.05. The Morgan fingerprint density at radius 2 is 2.14 bits per heavy atom. The van der Waals surface area contributed by atoms with E-state index in [0.717, 1.165) is 0 Å². The van der Waals surface area contributed by atoms with Crippen molar-refractivity contribution in [2.24, 2.45) is 16.0 Å². The molecule has 2 amide bonds. The van der Waals surface area contributed by atoms with Crippen molar-refractivity contribution in [2.45, 2.75) is 5.25 Å². The van der Waals surface area contributed by atoms with Gasteiger partial charge in [0.15, 0.2) is 0 Å². The van der Waals surface area contributed by atoms with E-state index >= 15 is 0 Å². The SMILES string of the molecule is CN1CC(S(=O)(=O)[O-])c2cc(N=NC(N)=O)c(O)cc21.[Na+]. The van der Waals surface area contributed by atoms with Gasteiger partial charge in [-0.05, 0) is 11.6 Å². The van der Waals surface area contributed by atoms with Crippen LogP contribution in [0.15, 0.2) is 22.4 Å². The molecule has 0 bridgehead atoms. The Kier molecular flexibility index (Phi) is 5.34. The molecular formula is C10H11N4NaO5S. The quantitative estimate of drug-likeness (QED) is 0.352. The van der Waals surface area contributed by atoms with Gasteiger partial charge in [0.2, 0.25) is 0 Å². The van der Waals surface area contributed by atoms with E-state index < -0.39 is 21.4 Å². The van der Waals surface area contributed by atoms with E-state index in [1.54, 1.807) is 7.05 Å². The molecule has 0 fully saturated rings. The molecule has 1 aliphatic heterocycles. The Balaban J connectivity index is 0.00000220. The van der Waals surface area contributed by atoms with E-state index in [-0.39, 0.29) is 53.1 Å². The summed E-state index contributed by atoms with van der Waals surface area (Å²) in [6.45, 7) is -0.0168. The van der Waals surface area contributed by atoms with Gasteiger partial charge in [-0.3, -0.25) is 0 Å². The minimum absolute atomic E-state index is 0. The largest absolute Gasteiger partial charge is 1.00 e. The van der Waals surface area contributed by atoms with Crippen LogP contribution in [0.4, 0.5) is 16.2 Å². The monoisotopic (exact) mass is 322 g/mol. The maximum Gasteiger partial charge on any atom is 1.00 e. The molecule has 1 aromatic rings. The number of carbonyl (C=O) groups excluding carboxylic acids is 1. The maximum atomic E-state index is 11.2. The number of benzene rings is 1. The molecule has 108 valence electrons. The molecule has 0 saturated heterocycles. The summed E-state index contributed by atoms with van der Waals surface area (Å²) in [6, 6.07) is 1.41. The van der Waals surface area contributed by atoms with Crippen molar-refractivity contribution in [3.63, 3.8) is 0 Å². The van der Waals surface area contributed by atoms with Crippen molar-refractivity contribution >= 4 is 27.5 Å². The van der Waals surface area contributed by atoms with Crippen molar-refractivity contribution in [1.82, 2.24) is 0 Å². The number of phenols is 1. The van der Waals surface area contributed by atoms with Gasteiger partial charge in [-0.25, -0.2) is 13.2 Å². The Bertz CT molecular complexity index is 706. The van der Waals surface area contributed by atoms with Crippen LogP contribution in [0.5, 0.6) is 5.75 Å². The third-order valence-electron chi connectivity index (χ3n) is 2.93. The number of aromatic hydroxyl groups is 1. The van der Waals surface area contributed by atoms with Crippen LogP contribution in [-0.2, 0) is 10.1 Å². The second-order valence-corrected chi connectivity index (χ2v) is 5.85. The van der Waals surface area contributed by atoms with Gasteiger partial charge in [-0.15, -0.1) is 5.11 Å². The fourth-order valence-corrected chi connectivity index (χ4v) is 2.95. The molecule has 0 aromatic heterocycles. The molecule has 3 N–H and O–H groups in total. The molecular weight excluding hydrogens is 311 g/mol. The van der Waals surface area contributed by atoms with Crippen LogP contribution in [0.2, 0.25) is 0 Å². The van der Waals surface area contributed by atoms with E-state index in [9.17, 15) is 22.9 Å². The summed E-state index contributed by atoms with van der Waals surface area (Å²) in [5.74, 6) is -0.301. The number of nitrogens with zero attached hydrogens (tertiary/aromatic N) is 3. The van der Waals surface area contributed by atoms with Gasteiger partial charge in [0.1, 0.15) is 21.6 Å². The van der Waals surface area contributed by atoms with Gasteiger partial charge >= 0.3 is 35.6 Å². The predicted octanol–water partition coefficient (Wildman–Crippen LogP) is -2.41. The first-order valence-electron chi connectivity index (χ1n) is 5.44. The number of anilines is 1. The fraction of sp³-hybridized carbons (Fsp3) is 0.300. The molecule has 1 atom stereocenters. The number of hydrogen-bond donors (Lipinski definition) is 2. The van der Waals surface area contributed by atoms with Crippen LogP contribution in [-0.4, -0.2) is 37.7 Å². The number of hydrogen-bond acceptors (Lipinski definition) is 7. The first-order chi connectivity index (χ1) is 9.20. The Morgan fingerprint density at radius 3 is 2.67 bits per heavy atom. The molecule has 0 aliphatic carbocycles. The molecule has 0 saturated carbocycles. The molecule has 9 nitrogen and oxygen atoms in total. The zero-order valence-corrected chi connectivity index (χ0v) is 14.2. The summed E-state index contributed by atoms with van der Waals surface area (Å²) in [7, 11) is -2.96. The van der Waals surface area contributed by atoms with Crippen LogP contribution < -0.4 is 40.2 Å². The molecule has 21 heavy (non-hydrogen) atoms. The Labute approximate surface area is 142 Å². The zero-order valence-electron chi connectivity index (χ0n) is 11.3. The number of carbonyl (C=O) groups is 1. The number of azo groups is 1. The zero-order chi connectivity index (χ0) is 15.1. The van der Waals surface area contributed by atoms with Gasteiger partial charge in [0.25, 0.3) is 0 Å². The minimum atomic E-state index is -4.55.